The number of nitrogens with one attached hydrogen (secondary N) is 4. The minimum atomic E-state index is -0.280. The molecule has 1 heterocycles. The predicted molar refractivity (Wildman–Crippen MR) is 155 cm³/mol. The summed E-state index contributed by atoms with van der Waals surface area (Å²) in [5, 5.41) is 29.9. The number of thiophene rings is 1. The number of amides is 2. The molecule has 0 spiro atoms. The summed E-state index contributed by atoms with van der Waals surface area (Å²) in [5.41, 5.74) is 3.70. The fourth-order valence-electron chi connectivity index (χ4n) is 3.73. The van der Waals surface area contributed by atoms with Gasteiger partial charge in [0, 0.05) is 29.0 Å². The maximum atomic E-state index is 12.6. The van der Waals surface area contributed by atoms with E-state index in [1.54, 1.807) is 0 Å². The molecule has 0 atom stereocenters. The van der Waals surface area contributed by atoms with Crippen LogP contribution in [0, 0.1) is 5.41 Å². The lowest BCUT2D eigenvalue weighted by Crippen LogP contribution is -2.31. The van der Waals surface area contributed by atoms with E-state index in [9.17, 15) is 9.90 Å². The van der Waals surface area contributed by atoms with Crippen molar-refractivity contribution in [2.45, 2.75) is 58.8 Å². The van der Waals surface area contributed by atoms with Gasteiger partial charge in [0.1, 0.15) is 11.6 Å². The molecular weight excluding hydrogens is 492 g/mol. The first-order valence-electron chi connectivity index (χ1n) is 11.8. The summed E-state index contributed by atoms with van der Waals surface area (Å²) >= 11 is 1.53. The van der Waals surface area contributed by atoms with Gasteiger partial charge in [-0.3, -0.25) is 5.41 Å². The number of urea groups is 1. The molecule has 2 amide bonds. The zero-order valence-electron chi connectivity index (χ0n) is 21.8. The summed E-state index contributed by atoms with van der Waals surface area (Å²) in [6, 6.07) is 15.1. The van der Waals surface area contributed by atoms with Gasteiger partial charge in [0.05, 0.1) is 4.88 Å². The van der Waals surface area contributed by atoms with Crippen LogP contribution in [-0.4, -0.2) is 23.5 Å². The first-order valence-corrected chi connectivity index (χ1v) is 12.6. The molecule has 0 saturated heterocycles. The van der Waals surface area contributed by atoms with Gasteiger partial charge in [0.15, 0.2) is 0 Å². The van der Waals surface area contributed by atoms with E-state index in [1.165, 1.54) is 11.3 Å². The van der Waals surface area contributed by atoms with Crippen LogP contribution in [0.2, 0.25) is 0 Å². The Morgan fingerprint density at radius 2 is 1.50 bits per heavy atom. The van der Waals surface area contributed by atoms with Gasteiger partial charge in [-0.05, 0) is 58.5 Å². The SMILES string of the molecule is CC(C)(C)c1cc(NC(=O)NCCc2ccc(NC(=N)c3cccs3)cc2)cc(C(C)(C)C)c1O.Cl. The summed E-state index contributed by atoms with van der Waals surface area (Å²) in [6.45, 7) is 12.8. The van der Waals surface area contributed by atoms with Crippen molar-refractivity contribution in [1.29, 1.82) is 5.41 Å². The third kappa shape index (κ3) is 7.73. The van der Waals surface area contributed by atoms with E-state index in [2.05, 4.69) is 16.0 Å². The van der Waals surface area contributed by atoms with Gasteiger partial charge in [-0.15, -0.1) is 23.7 Å². The lowest BCUT2D eigenvalue weighted by Gasteiger charge is -2.28. The number of phenols is 1. The topological polar surface area (TPSA) is 97.2 Å². The van der Waals surface area contributed by atoms with E-state index in [0.29, 0.717) is 30.2 Å². The standard InChI is InChI=1S/C28H36N4O2S.ClH/c1-27(2,3)21-16-20(17-22(24(21)33)28(4,5)6)32-26(34)30-14-13-18-9-11-19(12-10-18)31-25(29)23-8-7-15-35-23;/h7-12,15-17,33H,13-14H2,1-6H3,(H2,29,31)(H2,30,32,34);1H. The van der Waals surface area contributed by atoms with Gasteiger partial charge in [-0.25, -0.2) is 4.79 Å². The second kappa shape index (κ2) is 11.8. The van der Waals surface area contributed by atoms with Crippen LogP contribution in [0.1, 0.15) is 63.1 Å². The van der Waals surface area contributed by atoms with E-state index in [4.69, 9.17) is 5.41 Å². The number of benzene rings is 2. The molecule has 0 aliphatic heterocycles. The zero-order chi connectivity index (χ0) is 25.8. The first-order chi connectivity index (χ1) is 16.3. The zero-order valence-corrected chi connectivity index (χ0v) is 23.4. The number of hydrogen-bond donors (Lipinski definition) is 5. The van der Waals surface area contributed by atoms with Gasteiger partial charge in [0.2, 0.25) is 0 Å². The number of phenolic OH excluding ortho intramolecular Hbond substituents is 1. The van der Waals surface area contributed by atoms with Gasteiger partial charge >= 0.3 is 6.03 Å². The van der Waals surface area contributed by atoms with Crippen LogP contribution in [0.25, 0.3) is 0 Å². The van der Waals surface area contributed by atoms with Crippen LogP contribution in [0.4, 0.5) is 16.2 Å². The molecule has 1 aromatic heterocycles. The quantitative estimate of drug-likeness (QED) is 0.132. The van der Waals surface area contributed by atoms with Gasteiger partial charge in [0.25, 0.3) is 0 Å². The highest BCUT2D eigenvalue weighted by molar-refractivity contribution is 7.12. The molecule has 0 bridgehead atoms. The molecule has 8 heteroatoms. The summed E-state index contributed by atoms with van der Waals surface area (Å²) in [6.07, 6.45) is 0.687. The Bertz CT molecular complexity index is 1140. The molecule has 0 radical (unpaired) electrons. The molecule has 36 heavy (non-hydrogen) atoms. The highest BCUT2D eigenvalue weighted by atomic mass is 35.5. The van der Waals surface area contributed by atoms with Crippen LogP contribution < -0.4 is 16.0 Å². The molecule has 0 unspecified atom stereocenters. The molecule has 3 rings (SSSR count). The Labute approximate surface area is 224 Å². The van der Waals surface area contributed by atoms with Crippen LogP contribution in [0.5, 0.6) is 5.75 Å². The van der Waals surface area contributed by atoms with Crippen molar-refractivity contribution in [3.8, 4) is 5.75 Å². The normalized spacial score (nSPS) is 11.4. The molecular formula is C28H37ClN4O2S. The van der Waals surface area contributed by atoms with E-state index in [1.807, 2.05) is 95.5 Å². The molecule has 0 aliphatic rings. The van der Waals surface area contributed by atoms with E-state index >= 15 is 0 Å². The number of anilines is 2. The summed E-state index contributed by atoms with van der Waals surface area (Å²) in [4.78, 5) is 13.5. The summed E-state index contributed by atoms with van der Waals surface area (Å²) in [5.74, 6) is 0.670. The molecule has 5 N–H and O–H groups in total. The average Bonchev–Trinajstić information content (AvgIpc) is 3.29. The molecule has 2 aromatic carbocycles. The fraction of sp³-hybridized carbons (Fsp3) is 0.357. The molecule has 0 fully saturated rings. The number of rotatable bonds is 6. The fourth-order valence-corrected chi connectivity index (χ4v) is 4.36. The Kier molecular flexibility index (Phi) is 9.57. The number of hydrogen-bond acceptors (Lipinski definition) is 4. The Hall–Kier alpha value is -3.03. The van der Waals surface area contributed by atoms with Crippen molar-refractivity contribution in [2.75, 3.05) is 17.2 Å². The molecule has 194 valence electrons. The smallest absolute Gasteiger partial charge is 0.319 e. The van der Waals surface area contributed by atoms with Crippen molar-refractivity contribution in [3.63, 3.8) is 0 Å². The second-order valence-corrected chi connectivity index (χ2v) is 11.7. The second-order valence-electron chi connectivity index (χ2n) is 10.7. The number of amidine groups is 1. The van der Waals surface area contributed by atoms with Crippen molar-refractivity contribution in [1.82, 2.24) is 5.32 Å². The third-order valence-electron chi connectivity index (χ3n) is 5.67. The molecule has 6 nitrogen and oxygen atoms in total. The van der Waals surface area contributed by atoms with Crippen molar-refractivity contribution in [2.24, 2.45) is 0 Å². The number of carbonyl (C=O) groups is 1. The van der Waals surface area contributed by atoms with Crippen LogP contribution >= 0.6 is 23.7 Å². The van der Waals surface area contributed by atoms with Crippen molar-refractivity contribution < 1.29 is 9.90 Å². The number of carbonyl (C=O) groups excluding carboxylic acids is 1. The minimum absolute atomic E-state index is 0. The van der Waals surface area contributed by atoms with Gasteiger partial charge in [-0.2, -0.15) is 0 Å². The third-order valence-corrected chi connectivity index (χ3v) is 6.56. The van der Waals surface area contributed by atoms with Crippen LogP contribution in [0.3, 0.4) is 0 Å². The predicted octanol–water partition coefficient (Wildman–Crippen LogP) is 7.27. The summed E-state index contributed by atoms with van der Waals surface area (Å²) < 4.78 is 0. The first kappa shape index (κ1) is 29.2. The maximum absolute atomic E-state index is 12.6. The Balaban J connectivity index is 0.00000456. The summed E-state index contributed by atoms with van der Waals surface area (Å²) in [7, 11) is 0. The van der Waals surface area contributed by atoms with Gasteiger partial charge in [-0.1, -0.05) is 59.7 Å². The Morgan fingerprint density at radius 1 is 0.917 bits per heavy atom. The lowest BCUT2D eigenvalue weighted by molar-refractivity contribution is 0.252. The highest BCUT2D eigenvalue weighted by Gasteiger charge is 2.26. The Morgan fingerprint density at radius 3 is 2.00 bits per heavy atom. The largest absolute Gasteiger partial charge is 0.507 e. The number of halogens is 1. The van der Waals surface area contributed by atoms with Crippen molar-refractivity contribution >= 4 is 47.0 Å². The van der Waals surface area contributed by atoms with Crippen molar-refractivity contribution in [3.05, 3.63) is 75.5 Å². The maximum Gasteiger partial charge on any atom is 0.319 e. The molecule has 3 aromatic rings. The van der Waals surface area contributed by atoms with Crippen LogP contribution in [0.15, 0.2) is 53.9 Å². The van der Waals surface area contributed by atoms with E-state index in [-0.39, 0.29) is 29.3 Å². The monoisotopic (exact) mass is 528 g/mol. The lowest BCUT2D eigenvalue weighted by atomic mass is 9.79. The molecule has 0 aliphatic carbocycles. The average molecular weight is 529 g/mol. The minimum Gasteiger partial charge on any atom is -0.507 e. The number of aromatic hydroxyl groups is 1. The highest BCUT2D eigenvalue weighted by Crippen LogP contribution is 2.41. The van der Waals surface area contributed by atoms with E-state index in [0.717, 1.165) is 27.3 Å². The van der Waals surface area contributed by atoms with Crippen LogP contribution in [-0.2, 0) is 17.3 Å². The molecule has 0 saturated carbocycles. The van der Waals surface area contributed by atoms with E-state index < -0.39 is 0 Å². The van der Waals surface area contributed by atoms with Gasteiger partial charge < -0.3 is 21.1 Å².